The summed E-state index contributed by atoms with van der Waals surface area (Å²) in [5.74, 6) is 0. The number of pyridine rings is 1. The van der Waals surface area contributed by atoms with E-state index in [4.69, 9.17) is 0 Å². The maximum absolute atomic E-state index is 12.3. The second-order valence-corrected chi connectivity index (χ2v) is 4.97. The fourth-order valence-corrected chi connectivity index (χ4v) is 2.25. The van der Waals surface area contributed by atoms with E-state index in [-0.39, 0.29) is 17.7 Å². The van der Waals surface area contributed by atoms with Crippen molar-refractivity contribution in [2.45, 2.75) is 6.54 Å². The number of imidazole rings is 1. The first-order chi connectivity index (χ1) is 11.0. The summed E-state index contributed by atoms with van der Waals surface area (Å²) in [6.07, 6.45) is 2.85. The highest BCUT2D eigenvalue weighted by molar-refractivity contribution is 5.87. The molecule has 1 amide bonds. The van der Waals surface area contributed by atoms with Gasteiger partial charge in [0.2, 0.25) is 0 Å². The smallest absolute Gasteiger partial charge is 0.332 e. The van der Waals surface area contributed by atoms with Gasteiger partial charge in [-0.05, 0) is 12.1 Å². The van der Waals surface area contributed by atoms with Crippen LogP contribution < -0.4 is 16.6 Å². The number of hydrogen-bond acceptors (Lipinski definition) is 5. The standard InChI is InChI=1S/C14H14N6O3/c1-18-11-10(12(21)19(2)14(18)23)20(8-17-11)13(22)16-7-9-5-3-4-6-15-9/h3-6,8H,7H2,1-2H3,(H,16,22). The normalized spacial score (nSPS) is 10.9. The molecule has 9 nitrogen and oxygen atoms in total. The molecule has 3 aromatic heterocycles. The summed E-state index contributed by atoms with van der Waals surface area (Å²) in [5, 5.41) is 2.66. The molecule has 0 spiro atoms. The molecule has 0 radical (unpaired) electrons. The second kappa shape index (κ2) is 5.52. The molecule has 0 bridgehead atoms. The molecular formula is C14H14N6O3. The van der Waals surface area contributed by atoms with Gasteiger partial charge in [-0.2, -0.15) is 0 Å². The summed E-state index contributed by atoms with van der Waals surface area (Å²) in [7, 11) is 2.85. The molecule has 0 saturated carbocycles. The van der Waals surface area contributed by atoms with Crippen molar-refractivity contribution in [2.24, 2.45) is 14.1 Å². The van der Waals surface area contributed by atoms with Gasteiger partial charge >= 0.3 is 11.7 Å². The number of aromatic nitrogens is 5. The Balaban J connectivity index is 1.99. The molecule has 3 rings (SSSR count). The number of carbonyl (C=O) groups is 1. The number of nitrogens with zero attached hydrogens (tertiary/aromatic N) is 5. The molecule has 0 unspecified atom stereocenters. The SMILES string of the molecule is Cn1c(=O)c2c(ncn2C(=O)NCc2ccccn2)n(C)c1=O. The van der Waals surface area contributed by atoms with E-state index in [0.29, 0.717) is 5.69 Å². The van der Waals surface area contributed by atoms with Crippen LogP contribution in [0.15, 0.2) is 40.3 Å². The van der Waals surface area contributed by atoms with Gasteiger partial charge in [0.05, 0.1) is 12.2 Å². The highest BCUT2D eigenvalue weighted by Crippen LogP contribution is 2.05. The van der Waals surface area contributed by atoms with Crippen molar-refractivity contribution in [3.05, 3.63) is 57.3 Å². The highest BCUT2D eigenvalue weighted by Gasteiger charge is 2.17. The first-order valence-corrected chi connectivity index (χ1v) is 6.82. The lowest BCUT2D eigenvalue weighted by atomic mass is 10.3. The van der Waals surface area contributed by atoms with Crippen LogP contribution >= 0.6 is 0 Å². The Bertz CT molecular complexity index is 999. The third kappa shape index (κ3) is 2.41. The van der Waals surface area contributed by atoms with Gasteiger partial charge in [0.25, 0.3) is 5.56 Å². The molecule has 0 fully saturated rings. The quantitative estimate of drug-likeness (QED) is 0.692. The van der Waals surface area contributed by atoms with Gasteiger partial charge in [0, 0.05) is 20.3 Å². The zero-order valence-corrected chi connectivity index (χ0v) is 12.6. The summed E-state index contributed by atoms with van der Waals surface area (Å²) >= 11 is 0. The third-order valence-electron chi connectivity index (χ3n) is 3.51. The molecule has 0 aromatic carbocycles. The molecule has 0 atom stereocenters. The van der Waals surface area contributed by atoms with E-state index in [2.05, 4.69) is 15.3 Å². The Labute approximate surface area is 129 Å². The van der Waals surface area contributed by atoms with Gasteiger partial charge in [-0.1, -0.05) is 6.07 Å². The monoisotopic (exact) mass is 314 g/mol. The lowest BCUT2D eigenvalue weighted by Crippen LogP contribution is -2.39. The van der Waals surface area contributed by atoms with Crippen molar-refractivity contribution in [1.82, 2.24) is 29.0 Å². The van der Waals surface area contributed by atoms with Crippen LogP contribution in [0.1, 0.15) is 5.69 Å². The Hall–Kier alpha value is -3.23. The lowest BCUT2D eigenvalue weighted by molar-refractivity contribution is 0.242. The minimum Gasteiger partial charge on any atom is -0.332 e. The van der Waals surface area contributed by atoms with E-state index >= 15 is 0 Å². The Morgan fingerprint density at radius 3 is 2.65 bits per heavy atom. The largest absolute Gasteiger partial charge is 0.332 e. The molecule has 0 aliphatic rings. The van der Waals surface area contributed by atoms with Crippen LogP contribution in [0.4, 0.5) is 4.79 Å². The van der Waals surface area contributed by atoms with E-state index in [1.807, 2.05) is 6.07 Å². The summed E-state index contributed by atoms with van der Waals surface area (Å²) in [5.41, 5.74) is -0.181. The lowest BCUT2D eigenvalue weighted by Gasteiger charge is -2.07. The summed E-state index contributed by atoms with van der Waals surface area (Å²) in [6, 6.07) is 4.84. The second-order valence-electron chi connectivity index (χ2n) is 4.97. The predicted molar refractivity (Wildman–Crippen MR) is 82.1 cm³/mol. The molecule has 3 heterocycles. The fourth-order valence-electron chi connectivity index (χ4n) is 2.25. The van der Waals surface area contributed by atoms with Crippen molar-refractivity contribution in [1.29, 1.82) is 0 Å². The summed E-state index contributed by atoms with van der Waals surface area (Å²) in [6.45, 7) is 0.214. The fraction of sp³-hybridized carbons (Fsp3) is 0.214. The number of nitrogens with one attached hydrogen (secondary N) is 1. The number of amides is 1. The van der Waals surface area contributed by atoms with Crippen LogP contribution in [0, 0.1) is 0 Å². The molecule has 0 saturated heterocycles. The van der Waals surface area contributed by atoms with Gasteiger partial charge in [0.15, 0.2) is 11.2 Å². The van der Waals surface area contributed by atoms with Crippen molar-refractivity contribution >= 4 is 17.2 Å². The van der Waals surface area contributed by atoms with Gasteiger partial charge in [-0.3, -0.25) is 18.9 Å². The van der Waals surface area contributed by atoms with Gasteiger partial charge in [-0.25, -0.2) is 19.1 Å². The molecule has 0 aliphatic heterocycles. The maximum Gasteiger partial charge on any atom is 0.332 e. The van der Waals surface area contributed by atoms with Gasteiger partial charge in [0.1, 0.15) is 6.33 Å². The van der Waals surface area contributed by atoms with Crippen LogP contribution in [0.25, 0.3) is 11.2 Å². The molecule has 118 valence electrons. The van der Waals surface area contributed by atoms with Crippen molar-refractivity contribution in [3.63, 3.8) is 0 Å². The summed E-state index contributed by atoms with van der Waals surface area (Å²) in [4.78, 5) is 44.5. The predicted octanol–water partition coefficient (Wildman–Crippen LogP) is -0.413. The van der Waals surface area contributed by atoms with E-state index in [1.165, 1.54) is 25.0 Å². The molecular weight excluding hydrogens is 300 g/mol. The van der Waals surface area contributed by atoms with E-state index in [9.17, 15) is 14.4 Å². The zero-order chi connectivity index (χ0) is 16.6. The third-order valence-corrected chi connectivity index (χ3v) is 3.51. The van der Waals surface area contributed by atoms with Crippen LogP contribution in [0.2, 0.25) is 0 Å². The van der Waals surface area contributed by atoms with Gasteiger partial charge < -0.3 is 5.32 Å². The molecule has 23 heavy (non-hydrogen) atoms. The topological polar surface area (TPSA) is 104 Å². The van der Waals surface area contributed by atoms with E-state index in [1.54, 1.807) is 18.3 Å². The number of rotatable bonds is 2. The van der Waals surface area contributed by atoms with Crippen LogP contribution in [-0.2, 0) is 20.6 Å². The van der Waals surface area contributed by atoms with Crippen molar-refractivity contribution in [2.75, 3.05) is 0 Å². The Kier molecular flexibility index (Phi) is 3.53. The Morgan fingerprint density at radius 2 is 1.96 bits per heavy atom. The van der Waals surface area contributed by atoms with Crippen LogP contribution in [0.3, 0.4) is 0 Å². The molecule has 9 heteroatoms. The number of fused-ring (bicyclic) bond motifs is 1. The van der Waals surface area contributed by atoms with Crippen LogP contribution in [0.5, 0.6) is 0 Å². The number of aryl methyl sites for hydroxylation is 1. The molecule has 1 N–H and O–H groups in total. The zero-order valence-electron chi connectivity index (χ0n) is 12.6. The van der Waals surface area contributed by atoms with Crippen molar-refractivity contribution < 1.29 is 4.79 Å². The Morgan fingerprint density at radius 1 is 1.17 bits per heavy atom. The molecule has 0 aliphatic carbocycles. The maximum atomic E-state index is 12.3. The number of carbonyl (C=O) groups excluding carboxylic acids is 1. The minimum absolute atomic E-state index is 0.0492. The average molecular weight is 314 g/mol. The van der Waals surface area contributed by atoms with E-state index in [0.717, 1.165) is 9.13 Å². The van der Waals surface area contributed by atoms with Crippen molar-refractivity contribution in [3.8, 4) is 0 Å². The number of hydrogen-bond donors (Lipinski definition) is 1. The minimum atomic E-state index is -0.575. The first kappa shape index (κ1) is 14.7. The molecule has 3 aromatic rings. The van der Waals surface area contributed by atoms with Gasteiger partial charge in [-0.15, -0.1) is 0 Å². The summed E-state index contributed by atoms with van der Waals surface area (Å²) < 4.78 is 3.26. The van der Waals surface area contributed by atoms with Crippen LogP contribution in [-0.4, -0.2) is 29.7 Å². The average Bonchev–Trinajstić information content (AvgIpc) is 3.02. The van der Waals surface area contributed by atoms with E-state index < -0.39 is 17.3 Å². The highest BCUT2D eigenvalue weighted by atomic mass is 16.2. The first-order valence-electron chi connectivity index (χ1n) is 6.82.